The number of nitrogen functional groups attached to an aromatic ring is 1. The summed E-state index contributed by atoms with van der Waals surface area (Å²) in [7, 11) is 0. The van der Waals surface area contributed by atoms with Gasteiger partial charge >= 0.3 is 0 Å². The molecule has 0 bridgehead atoms. The van der Waals surface area contributed by atoms with Gasteiger partial charge in [-0.2, -0.15) is 11.8 Å². The highest BCUT2D eigenvalue weighted by Gasteiger charge is 2.11. The first-order valence-electron chi connectivity index (χ1n) is 6.30. The number of carbonyl (C=O) groups is 1. The molecule has 1 aliphatic heterocycles. The molecular formula is C13H18FN3OS. The lowest BCUT2D eigenvalue weighted by Crippen LogP contribution is -2.39. The van der Waals surface area contributed by atoms with Gasteiger partial charge in [-0.25, -0.2) is 4.39 Å². The van der Waals surface area contributed by atoms with Gasteiger partial charge in [0.1, 0.15) is 5.82 Å². The van der Waals surface area contributed by atoms with Crippen molar-refractivity contribution in [1.29, 1.82) is 0 Å². The monoisotopic (exact) mass is 283 g/mol. The maximum Gasteiger partial charge on any atom is 0.251 e. The van der Waals surface area contributed by atoms with Gasteiger partial charge in [-0.3, -0.25) is 9.69 Å². The number of halogens is 1. The number of nitrogens with one attached hydrogen (secondary N) is 1. The lowest BCUT2D eigenvalue weighted by atomic mass is 10.2. The maximum absolute atomic E-state index is 13.2. The van der Waals surface area contributed by atoms with E-state index in [2.05, 4.69) is 10.2 Å². The third-order valence-corrected chi connectivity index (χ3v) is 4.02. The smallest absolute Gasteiger partial charge is 0.251 e. The lowest BCUT2D eigenvalue weighted by Gasteiger charge is -2.25. The van der Waals surface area contributed by atoms with E-state index < -0.39 is 5.82 Å². The zero-order valence-corrected chi connectivity index (χ0v) is 11.5. The van der Waals surface area contributed by atoms with Gasteiger partial charge in [0.2, 0.25) is 0 Å². The van der Waals surface area contributed by atoms with E-state index in [-0.39, 0.29) is 11.6 Å². The quantitative estimate of drug-likeness (QED) is 0.815. The second-order valence-corrected chi connectivity index (χ2v) is 5.67. The van der Waals surface area contributed by atoms with Crippen molar-refractivity contribution in [2.24, 2.45) is 0 Å². The Hall–Kier alpha value is -1.27. The molecule has 3 N–H and O–H groups in total. The minimum absolute atomic E-state index is 0.0577. The van der Waals surface area contributed by atoms with Crippen molar-refractivity contribution in [2.45, 2.75) is 0 Å². The van der Waals surface area contributed by atoms with Gasteiger partial charge in [-0.05, 0) is 18.2 Å². The molecule has 104 valence electrons. The topological polar surface area (TPSA) is 58.4 Å². The number of nitrogens with two attached hydrogens (primary N) is 1. The van der Waals surface area contributed by atoms with E-state index >= 15 is 0 Å². The predicted molar refractivity (Wildman–Crippen MR) is 76.9 cm³/mol. The van der Waals surface area contributed by atoms with E-state index in [0.29, 0.717) is 12.1 Å². The van der Waals surface area contributed by atoms with Crippen molar-refractivity contribution in [3.63, 3.8) is 0 Å². The fourth-order valence-corrected chi connectivity index (χ4v) is 2.90. The molecule has 1 heterocycles. The Labute approximate surface area is 116 Å². The zero-order chi connectivity index (χ0) is 13.7. The number of thioether (sulfide) groups is 1. The number of rotatable bonds is 4. The summed E-state index contributed by atoms with van der Waals surface area (Å²) in [6.07, 6.45) is 0. The van der Waals surface area contributed by atoms with E-state index in [4.69, 9.17) is 5.73 Å². The van der Waals surface area contributed by atoms with Gasteiger partial charge in [0.15, 0.2) is 0 Å². The standard InChI is InChI=1S/C13H18FN3OS/c14-11-9-10(1-2-12(11)15)13(18)16-3-4-17-5-7-19-8-6-17/h1-2,9H,3-8,15H2,(H,16,18). The van der Waals surface area contributed by atoms with Gasteiger partial charge in [0, 0.05) is 43.2 Å². The summed E-state index contributed by atoms with van der Waals surface area (Å²) >= 11 is 1.96. The van der Waals surface area contributed by atoms with Crippen molar-refractivity contribution in [2.75, 3.05) is 43.4 Å². The van der Waals surface area contributed by atoms with Crippen LogP contribution >= 0.6 is 11.8 Å². The minimum Gasteiger partial charge on any atom is -0.396 e. The molecule has 0 aliphatic carbocycles. The summed E-state index contributed by atoms with van der Waals surface area (Å²) in [5.41, 5.74) is 5.74. The van der Waals surface area contributed by atoms with Crippen LogP contribution in [0.5, 0.6) is 0 Å². The molecule has 1 fully saturated rings. The molecule has 0 radical (unpaired) electrons. The summed E-state index contributed by atoms with van der Waals surface area (Å²) in [6.45, 7) is 3.55. The molecule has 1 saturated heterocycles. The van der Waals surface area contributed by atoms with Crippen LogP contribution in [0.25, 0.3) is 0 Å². The Balaban J connectivity index is 1.78. The normalized spacial score (nSPS) is 16.3. The number of hydrogen-bond donors (Lipinski definition) is 2. The van der Waals surface area contributed by atoms with Crippen LogP contribution in [0.15, 0.2) is 18.2 Å². The average molecular weight is 283 g/mol. The highest BCUT2D eigenvalue weighted by atomic mass is 32.2. The SMILES string of the molecule is Nc1ccc(C(=O)NCCN2CCSCC2)cc1F. The number of hydrogen-bond acceptors (Lipinski definition) is 4. The van der Waals surface area contributed by atoms with Crippen LogP contribution < -0.4 is 11.1 Å². The van der Waals surface area contributed by atoms with E-state index in [1.54, 1.807) is 0 Å². The van der Waals surface area contributed by atoms with Gasteiger partial charge in [0.25, 0.3) is 5.91 Å². The highest BCUT2D eigenvalue weighted by Crippen LogP contribution is 2.12. The number of amides is 1. The summed E-state index contributed by atoms with van der Waals surface area (Å²) in [5, 5.41) is 2.80. The fourth-order valence-electron chi connectivity index (χ4n) is 1.92. The zero-order valence-electron chi connectivity index (χ0n) is 10.7. The van der Waals surface area contributed by atoms with Crippen molar-refractivity contribution >= 4 is 23.4 Å². The first kappa shape index (κ1) is 14.1. The second kappa shape index (κ2) is 6.77. The van der Waals surface area contributed by atoms with Crippen LogP contribution in [0.4, 0.5) is 10.1 Å². The van der Waals surface area contributed by atoms with Gasteiger partial charge < -0.3 is 11.1 Å². The Bertz CT molecular complexity index is 450. The largest absolute Gasteiger partial charge is 0.396 e. The first-order chi connectivity index (χ1) is 9.16. The van der Waals surface area contributed by atoms with Crippen LogP contribution in [-0.2, 0) is 0 Å². The van der Waals surface area contributed by atoms with Gasteiger partial charge in [-0.15, -0.1) is 0 Å². The Morgan fingerprint density at radius 1 is 1.42 bits per heavy atom. The molecule has 1 amide bonds. The van der Waals surface area contributed by atoms with Crippen LogP contribution in [-0.4, -0.2) is 48.5 Å². The minimum atomic E-state index is -0.555. The Morgan fingerprint density at radius 3 is 2.84 bits per heavy atom. The first-order valence-corrected chi connectivity index (χ1v) is 7.45. The molecule has 0 aromatic heterocycles. The molecule has 0 spiro atoms. The number of benzene rings is 1. The number of carbonyl (C=O) groups excluding carboxylic acids is 1. The summed E-state index contributed by atoms with van der Waals surface area (Å²) in [6, 6.07) is 4.11. The molecule has 6 heteroatoms. The lowest BCUT2D eigenvalue weighted by molar-refractivity contribution is 0.0948. The average Bonchev–Trinajstić information content (AvgIpc) is 2.43. The maximum atomic E-state index is 13.2. The Morgan fingerprint density at radius 2 is 2.16 bits per heavy atom. The molecule has 0 atom stereocenters. The molecule has 4 nitrogen and oxygen atoms in total. The molecule has 0 unspecified atom stereocenters. The van der Waals surface area contributed by atoms with Crippen LogP contribution in [0, 0.1) is 5.82 Å². The van der Waals surface area contributed by atoms with E-state index in [1.807, 2.05) is 11.8 Å². The predicted octanol–water partition coefficient (Wildman–Crippen LogP) is 1.19. The third kappa shape index (κ3) is 4.11. The highest BCUT2D eigenvalue weighted by molar-refractivity contribution is 7.99. The summed E-state index contributed by atoms with van der Waals surface area (Å²) in [4.78, 5) is 14.1. The van der Waals surface area contributed by atoms with Crippen molar-refractivity contribution in [1.82, 2.24) is 10.2 Å². The van der Waals surface area contributed by atoms with Crippen molar-refractivity contribution in [3.05, 3.63) is 29.6 Å². The van der Waals surface area contributed by atoms with Crippen LogP contribution in [0.1, 0.15) is 10.4 Å². The molecule has 2 rings (SSSR count). The summed E-state index contributed by atoms with van der Waals surface area (Å²) < 4.78 is 13.2. The Kier molecular flexibility index (Phi) is 5.04. The summed E-state index contributed by atoms with van der Waals surface area (Å²) in [5.74, 6) is 1.49. The van der Waals surface area contributed by atoms with E-state index in [1.165, 1.54) is 18.2 Å². The third-order valence-electron chi connectivity index (χ3n) is 3.08. The number of anilines is 1. The van der Waals surface area contributed by atoms with E-state index in [0.717, 1.165) is 31.1 Å². The molecule has 19 heavy (non-hydrogen) atoms. The molecule has 1 aromatic carbocycles. The molecule has 0 saturated carbocycles. The fraction of sp³-hybridized carbons (Fsp3) is 0.462. The van der Waals surface area contributed by atoms with Crippen molar-refractivity contribution in [3.8, 4) is 0 Å². The van der Waals surface area contributed by atoms with Crippen LogP contribution in [0.2, 0.25) is 0 Å². The second-order valence-electron chi connectivity index (χ2n) is 4.45. The molecule has 1 aliphatic rings. The van der Waals surface area contributed by atoms with E-state index in [9.17, 15) is 9.18 Å². The van der Waals surface area contributed by atoms with Crippen molar-refractivity contribution < 1.29 is 9.18 Å². The molecule has 1 aromatic rings. The van der Waals surface area contributed by atoms with Crippen LogP contribution in [0.3, 0.4) is 0 Å². The van der Waals surface area contributed by atoms with Gasteiger partial charge in [-0.1, -0.05) is 0 Å². The molecular weight excluding hydrogens is 265 g/mol. The van der Waals surface area contributed by atoms with Gasteiger partial charge in [0.05, 0.1) is 5.69 Å². The number of nitrogens with zero attached hydrogens (tertiary/aromatic N) is 1.